The Morgan fingerprint density at radius 2 is 2.25 bits per heavy atom. The quantitative estimate of drug-likeness (QED) is 0.744. The van der Waals surface area contributed by atoms with E-state index >= 15 is 0 Å². The van der Waals surface area contributed by atoms with Crippen molar-refractivity contribution in [1.82, 2.24) is 0 Å². The van der Waals surface area contributed by atoms with E-state index in [2.05, 4.69) is 28.6 Å². The number of hydrogen-bond acceptors (Lipinski definition) is 2. The largest absolute Gasteiger partial charge is 0.396 e. The molecule has 84 valence electrons. The molecule has 0 aliphatic carbocycles. The molecular formula is C13H16NOS+. The maximum atomic E-state index is 8.84. The highest BCUT2D eigenvalue weighted by Gasteiger charge is 2.16. The zero-order chi connectivity index (χ0) is 11.2. The molecule has 16 heavy (non-hydrogen) atoms. The van der Waals surface area contributed by atoms with Gasteiger partial charge < -0.3 is 5.11 Å². The van der Waals surface area contributed by atoms with Crippen LogP contribution in [0.3, 0.4) is 0 Å². The summed E-state index contributed by atoms with van der Waals surface area (Å²) in [6, 6.07) is 0. The molecule has 1 atom stereocenters. The second-order valence-corrected chi connectivity index (χ2v) is 5.77. The summed E-state index contributed by atoms with van der Waals surface area (Å²) in [5.74, 6) is 2.16. The van der Waals surface area contributed by atoms with Gasteiger partial charge in [-0.05, 0) is 35.5 Å². The molecule has 0 fully saturated rings. The number of aliphatic imine (C=N–C) groups is 1. The van der Waals surface area contributed by atoms with E-state index in [1.807, 2.05) is 18.5 Å². The molecule has 1 unspecified atom stereocenters. The molecule has 0 spiro atoms. The number of aliphatic hydroxyl groups excluding tert-OH is 1. The van der Waals surface area contributed by atoms with Gasteiger partial charge in [0.1, 0.15) is 16.9 Å². The van der Waals surface area contributed by atoms with Crippen LogP contribution >= 0.6 is 0 Å². The number of nitrogens with zero attached hydrogens (tertiary/aromatic N) is 1. The fourth-order valence-electron chi connectivity index (χ4n) is 1.65. The molecule has 0 amide bonds. The van der Waals surface area contributed by atoms with Crippen molar-refractivity contribution in [3.8, 4) is 0 Å². The first-order chi connectivity index (χ1) is 7.90. The average molecular weight is 234 g/mol. The van der Waals surface area contributed by atoms with Gasteiger partial charge in [0, 0.05) is 36.3 Å². The van der Waals surface area contributed by atoms with Crippen molar-refractivity contribution in [2.75, 3.05) is 18.1 Å². The maximum absolute atomic E-state index is 8.84. The first-order valence-corrected chi connectivity index (χ1v) is 7.08. The van der Waals surface area contributed by atoms with Crippen molar-refractivity contribution in [2.24, 2.45) is 4.99 Å². The highest BCUT2D eigenvalue weighted by atomic mass is 32.2. The van der Waals surface area contributed by atoms with E-state index in [0.717, 1.165) is 17.9 Å². The molecule has 2 heterocycles. The fourth-order valence-corrected chi connectivity index (χ4v) is 3.30. The number of aliphatic hydroxyl groups is 1. The van der Waals surface area contributed by atoms with E-state index in [4.69, 9.17) is 5.11 Å². The monoisotopic (exact) mass is 234 g/mol. The Labute approximate surface area is 99.1 Å². The lowest BCUT2D eigenvalue weighted by molar-refractivity contribution is 0.296. The molecule has 0 bridgehead atoms. The van der Waals surface area contributed by atoms with Crippen molar-refractivity contribution in [3.63, 3.8) is 0 Å². The van der Waals surface area contributed by atoms with Crippen LogP contribution in [0.25, 0.3) is 0 Å². The topological polar surface area (TPSA) is 32.6 Å². The molecule has 2 rings (SSSR count). The summed E-state index contributed by atoms with van der Waals surface area (Å²) >= 11 is 0. The van der Waals surface area contributed by atoms with E-state index in [9.17, 15) is 0 Å². The lowest BCUT2D eigenvalue weighted by Gasteiger charge is -1.98. The smallest absolute Gasteiger partial charge is 0.132 e. The third-order valence-electron chi connectivity index (χ3n) is 2.54. The molecule has 2 aliphatic rings. The van der Waals surface area contributed by atoms with Gasteiger partial charge in [0.05, 0.1) is 0 Å². The minimum absolute atomic E-state index is 0.279. The Hall–Kier alpha value is -1.06. The van der Waals surface area contributed by atoms with Crippen LogP contribution in [0.15, 0.2) is 52.1 Å². The second-order valence-electron chi connectivity index (χ2n) is 3.68. The van der Waals surface area contributed by atoms with Gasteiger partial charge in [-0.15, -0.1) is 0 Å². The Kier molecular flexibility index (Phi) is 4.19. The molecule has 0 aromatic carbocycles. The van der Waals surface area contributed by atoms with Crippen molar-refractivity contribution >= 4 is 17.1 Å². The van der Waals surface area contributed by atoms with Crippen LogP contribution in [0.5, 0.6) is 0 Å². The highest BCUT2D eigenvalue weighted by molar-refractivity contribution is 7.99. The van der Waals surface area contributed by atoms with Crippen LogP contribution in [-0.4, -0.2) is 29.4 Å². The Morgan fingerprint density at radius 3 is 3.12 bits per heavy atom. The molecule has 0 radical (unpaired) electrons. The summed E-state index contributed by atoms with van der Waals surface area (Å²) in [5, 5.41) is 11.1. The number of rotatable bonds is 3. The highest BCUT2D eigenvalue weighted by Crippen LogP contribution is 2.20. The molecule has 1 N–H and O–H groups in total. The van der Waals surface area contributed by atoms with Gasteiger partial charge in [-0.25, -0.2) is 0 Å². The molecule has 0 saturated carbocycles. The molecule has 0 aromatic rings. The summed E-state index contributed by atoms with van der Waals surface area (Å²) in [6.45, 7) is 0.295. The molecule has 2 nitrogen and oxygen atoms in total. The van der Waals surface area contributed by atoms with Crippen LogP contribution in [-0.2, 0) is 10.9 Å². The van der Waals surface area contributed by atoms with Gasteiger partial charge in [-0.3, -0.25) is 4.99 Å². The van der Waals surface area contributed by atoms with Gasteiger partial charge >= 0.3 is 0 Å². The van der Waals surface area contributed by atoms with E-state index in [-0.39, 0.29) is 10.9 Å². The summed E-state index contributed by atoms with van der Waals surface area (Å²) in [7, 11) is 0.279. The average Bonchev–Trinajstić information content (AvgIpc) is 2.62. The van der Waals surface area contributed by atoms with Gasteiger partial charge in [0.25, 0.3) is 0 Å². The Morgan fingerprint density at radius 1 is 1.31 bits per heavy atom. The lowest BCUT2D eigenvalue weighted by Crippen LogP contribution is -2.08. The lowest BCUT2D eigenvalue weighted by atomic mass is 10.1. The Balaban J connectivity index is 2.12. The second kappa shape index (κ2) is 5.87. The van der Waals surface area contributed by atoms with E-state index in [1.165, 1.54) is 11.1 Å². The first-order valence-electron chi connectivity index (χ1n) is 5.46. The number of allylic oxidation sites excluding steroid dienone is 5. The van der Waals surface area contributed by atoms with Gasteiger partial charge in [-0.1, -0.05) is 0 Å². The molecule has 2 aliphatic heterocycles. The minimum Gasteiger partial charge on any atom is -0.396 e. The normalized spacial score (nSPS) is 23.2. The summed E-state index contributed by atoms with van der Waals surface area (Å²) in [6.07, 6.45) is 13.1. The fraction of sp³-hybridized carbons (Fsp3) is 0.308. The zero-order valence-corrected chi connectivity index (χ0v) is 9.99. The summed E-state index contributed by atoms with van der Waals surface area (Å²) in [4.78, 5) is 4.11. The zero-order valence-electron chi connectivity index (χ0n) is 9.17. The van der Waals surface area contributed by atoms with E-state index in [1.54, 1.807) is 0 Å². The first kappa shape index (κ1) is 11.4. The standard InChI is InChI=1S/C13H16NOS/c15-8-1-9-16-10-4-12-2-6-14-7-3-13(12)5-11-16/h2-7,10,15H,1,8-9,11H2/q+1. The molecule has 0 saturated heterocycles. The van der Waals surface area contributed by atoms with Gasteiger partial charge in [0.2, 0.25) is 0 Å². The predicted molar refractivity (Wildman–Crippen MR) is 71.7 cm³/mol. The molecule has 3 heteroatoms. The molecule has 0 aromatic heterocycles. The predicted octanol–water partition coefficient (Wildman–Crippen LogP) is 1.97. The van der Waals surface area contributed by atoms with Crippen molar-refractivity contribution < 1.29 is 5.11 Å². The third kappa shape index (κ3) is 2.97. The minimum atomic E-state index is 0.279. The van der Waals surface area contributed by atoms with Gasteiger partial charge in [0.15, 0.2) is 0 Å². The summed E-state index contributed by atoms with van der Waals surface area (Å²) in [5.41, 5.74) is 2.49. The van der Waals surface area contributed by atoms with Crippen molar-refractivity contribution in [3.05, 3.63) is 47.1 Å². The molecular weight excluding hydrogens is 218 g/mol. The van der Waals surface area contributed by atoms with Crippen molar-refractivity contribution in [2.45, 2.75) is 6.42 Å². The SMILES string of the molecule is OCCC[S+]1C=CC2=CC=NC=CC2=CC1. The van der Waals surface area contributed by atoms with Crippen molar-refractivity contribution in [1.29, 1.82) is 0 Å². The van der Waals surface area contributed by atoms with E-state index < -0.39 is 0 Å². The summed E-state index contributed by atoms with van der Waals surface area (Å²) < 4.78 is 0. The number of hydrogen-bond donors (Lipinski definition) is 1. The van der Waals surface area contributed by atoms with Crippen LogP contribution < -0.4 is 0 Å². The maximum Gasteiger partial charge on any atom is 0.132 e. The van der Waals surface area contributed by atoms with Crippen LogP contribution in [0.1, 0.15) is 6.42 Å². The number of fused-ring (bicyclic) bond motifs is 1. The van der Waals surface area contributed by atoms with Crippen LogP contribution in [0, 0.1) is 0 Å². The third-order valence-corrected chi connectivity index (χ3v) is 4.46. The Bertz CT molecular complexity index is 391. The van der Waals surface area contributed by atoms with E-state index in [0.29, 0.717) is 6.61 Å². The van der Waals surface area contributed by atoms with Crippen LogP contribution in [0.2, 0.25) is 0 Å². The van der Waals surface area contributed by atoms with Crippen LogP contribution in [0.4, 0.5) is 0 Å². The van der Waals surface area contributed by atoms with Gasteiger partial charge in [-0.2, -0.15) is 0 Å².